The summed E-state index contributed by atoms with van der Waals surface area (Å²) in [6.07, 6.45) is 11.0. The standard InChI is InChI=1S/C25H32NO3P.C5H10.2CH3.Fe/c1-17(2)19-16-29-25(26-19)18-10-9-15-22(18)30(23-13-7-5-11-20(23)27-3)24-14-8-6-12-21(24)28-4;1-2-4-5-3-1;;;/h5-8,11-14,17-19,22H,9-10,15-16H2,1-4H3;1-5H2;2*1H3;/q;;2*-1;+2/t18?,19-,22?;;;;/m0..../s1. The van der Waals surface area contributed by atoms with Crippen molar-refractivity contribution in [2.24, 2.45) is 16.8 Å². The molecule has 1 heterocycles. The molecule has 0 saturated heterocycles. The van der Waals surface area contributed by atoms with Crippen LogP contribution in [0.15, 0.2) is 53.5 Å². The molecule has 5 rings (SSSR count). The molecule has 3 atom stereocenters. The van der Waals surface area contributed by atoms with Gasteiger partial charge in [0.1, 0.15) is 18.1 Å². The molecule has 0 amide bonds. The number of nitrogens with zero attached hydrogens (tertiary/aromatic N) is 1. The number of para-hydroxylation sites is 2. The molecule has 2 unspecified atom stereocenters. The molecule has 3 aliphatic rings. The second kappa shape index (κ2) is 17.2. The summed E-state index contributed by atoms with van der Waals surface area (Å²) < 4.78 is 17.8. The van der Waals surface area contributed by atoms with Crippen LogP contribution >= 0.6 is 7.92 Å². The molecule has 2 aromatic rings. The molecule has 0 spiro atoms. The summed E-state index contributed by atoms with van der Waals surface area (Å²) in [4.78, 5) is 5.02. The van der Waals surface area contributed by atoms with E-state index in [0.717, 1.165) is 30.4 Å². The summed E-state index contributed by atoms with van der Waals surface area (Å²) in [5.41, 5.74) is 0.456. The van der Waals surface area contributed by atoms with E-state index in [2.05, 4.69) is 50.2 Å². The molecule has 2 fully saturated rings. The van der Waals surface area contributed by atoms with E-state index in [1.54, 1.807) is 14.2 Å². The maximum atomic E-state index is 6.17. The third-order valence-electron chi connectivity index (χ3n) is 7.53. The molecule has 0 bridgehead atoms. The molecule has 38 heavy (non-hydrogen) atoms. The smallest absolute Gasteiger partial charge is 0.496 e. The first-order chi connectivity index (χ1) is 17.1. The van der Waals surface area contributed by atoms with E-state index in [9.17, 15) is 0 Å². The number of hydrogen-bond donors (Lipinski definition) is 0. The van der Waals surface area contributed by atoms with E-state index in [-0.39, 0.29) is 38.0 Å². The van der Waals surface area contributed by atoms with Crippen molar-refractivity contribution in [2.75, 3.05) is 20.8 Å². The van der Waals surface area contributed by atoms with Gasteiger partial charge >= 0.3 is 17.1 Å². The number of hydrogen-bond acceptors (Lipinski definition) is 4. The van der Waals surface area contributed by atoms with Crippen molar-refractivity contribution < 1.29 is 31.3 Å². The van der Waals surface area contributed by atoms with Gasteiger partial charge in [-0.25, -0.2) is 4.99 Å². The predicted octanol–water partition coefficient (Wildman–Crippen LogP) is 7.61. The molecule has 6 heteroatoms. The summed E-state index contributed by atoms with van der Waals surface area (Å²) in [5.74, 6) is 3.75. The summed E-state index contributed by atoms with van der Waals surface area (Å²) in [6.45, 7) is 5.17. The first kappa shape index (κ1) is 34.5. The van der Waals surface area contributed by atoms with Crippen LogP contribution in [0.25, 0.3) is 0 Å². The average Bonchev–Trinajstić information content (AvgIpc) is 3.68. The topological polar surface area (TPSA) is 40.0 Å². The van der Waals surface area contributed by atoms with E-state index in [1.807, 2.05) is 12.1 Å². The van der Waals surface area contributed by atoms with Gasteiger partial charge in [0.2, 0.25) is 0 Å². The molecule has 212 valence electrons. The Hall–Kier alpha value is -1.54. The van der Waals surface area contributed by atoms with Crippen LogP contribution in [0, 0.1) is 26.7 Å². The fourth-order valence-corrected chi connectivity index (χ4v) is 8.87. The minimum absolute atomic E-state index is 0. The maximum Gasteiger partial charge on any atom is 2.00 e. The fourth-order valence-electron chi connectivity index (χ4n) is 5.52. The van der Waals surface area contributed by atoms with Crippen molar-refractivity contribution in [2.45, 2.75) is 76.9 Å². The van der Waals surface area contributed by atoms with E-state index >= 15 is 0 Å². The Morgan fingerprint density at radius 3 is 1.74 bits per heavy atom. The SMILES string of the molecule is C1CCCC1.COc1ccccc1P(c1ccccc1OC)C1CCCC1C1=N[C@H](C(C)C)CO1.[CH3-].[CH3-].[Fe+2]. The van der Waals surface area contributed by atoms with Crippen molar-refractivity contribution in [3.05, 3.63) is 63.4 Å². The normalized spacial score (nSPS) is 21.7. The molecule has 0 aromatic heterocycles. The Kier molecular flexibility index (Phi) is 15.6. The minimum atomic E-state index is -0.701. The monoisotopic (exact) mass is 581 g/mol. The van der Waals surface area contributed by atoms with Crippen molar-refractivity contribution in [3.63, 3.8) is 0 Å². The largest absolute Gasteiger partial charge is 2.00 e. The molecule has 2 aliphatic carbocycles. The van der Waals surface area contributed by atoms with Crippen LogP contribution < -0.4 is 20.1 Å². The van der Waals surface area contributed by atoms with Crippen LogP contribution in [0.3, 0.4) is 0 Å². The molecule has 2 aromatic carbocycles. The zero-order valence-electron chi connectivity index (χ0n) is 24.3. The van der Waals surface area contributed by atoms with Crippen molar-refractivity contribution in [1.82, 2.24) is 0 Å². The van der Waals surface area contributed by atoms with Crippen molar-refractivity contribution in [1.29, 1.82) is 0 Å². The molecule has 0 radical (unpaired) electrons. The molecule has 4 nitrogen and oxygen atoms in total. The van der Waals surface area contributed by atoms with Gasteiger partial charge in [-0.15, -0.1) is 0 Å². The van der Waals surface area contributed by atoms with Gasteiger partial charge < -0.3 is 29.1 Å². The van der Waals surface area contributed by atoms with Gasteiger partial charge in [0, 0.05) is 16.5 Å². The van der Waals surface area contributed by atoms with Gasteiger partial charge in [-0.1, -0.05) is 88.8 Å². The maximum absolute atomic E-state index is 6.17. The predicted molar refractivity (Wildman–Crippen MR) is 161 cm³/mol. The molecular formula is C32H48FeNO3P. The Morgan fingerprint density at radius 1 is 0.789 bits per heavy atom. The summed E-state index contributed by atoms with van der Waals surface area (Å²) in [6, 6.07) is 17.2. The summed E-state index contributed by atoms with van der Waals surface area (Å²) in [5, 5.41) is 2.55. The zero-order chi connectivity index (χ0) is 24.6. The number of ether oxygens (including phenoxy) is 3. The average molecular weight is 582 g/mol. The number of methoxy groups -OCH3 is 2. The Morgan fingerprint density at radius 2 is 1.29 bits per heavy atom. The molecular weight excluding hydrogens is 533 g/mol. The van der Waals surface area contributed by atoms with Crippen molar-refractivity contribution >= 4 is 24.4 Å². The Bertz CT molecular complexity index is 924. The Labute approximate surface area is 244 Å². The molecule has 2 saturated carbocycles. The minimum Gasteiger partial charge on any atom is -0.496 e. The first-order valence-electron chi connectivity index (χ1n) is 13.4. The molecule has 0 N–H and O–H groups in total. The third kappa shape index (κ3) is 8.23. The van der Waals surface area contributed by atoms with E-state index in [1.165, 1.54) is 55.6 Å². The summed E-state index contributed by atoms with van der Waals surface area (Å²) >= 11 is 0. The molecule has 1 aliphatic heterocycles. The first-order valence-corrected chi connectivity index (χ1v) is 14.8. The number of rotatable bonds is 7. The zero-order valence-corrected chi connectivity index (χ0v) is 26.3. The van der Waals surface area contributed by atoms with Gasteiger partial charge in [-0.3, -0.25) is 0 Å². The van der Waals surface area contributed by atoms with Crippen LogP contribution in [0.5, 0.6) is 11.5 Å². The Balaban J connectivity index is 0.000000813. The van der Waals surface area contributed by atoms with Crippen LogP contribution in [0.4, 0.5) is 0 Å². The second-order valence-electron chi connectivity index (χ2n) is 10.2. The van der Waals surface area contributed by atoms with Crippen LogP contribution in [-0.4, -0.2) is 38.4 Å². The van der Waals surface area contributed by atoms with Gasteiger partial charge in [-0.05, 0) is 44.5 Å². The summed E-state index contributed by atoms with van der Waals surface area (Å²) in [7, 11) is 2.82. The van der Waals surface area contributed by atoms with E-state index in [4.69, 9.17) is 19.2 Å². The van der Waals surface area contributed by atoms with Gasteiger partial charge in [-0.2, -0.15) is 0 Å². The third-order valence-corrected chi connectivity index (χ3v) is 10.6. The van der Waals surface area contributed by atoms with Crippen LogP contribution in [-0.2, 0) is 21.8 Å². The van der Waals surface area contributed by atoms with Gasteiger partial charge in [0.25, 0.3) is 0 Å². The van der Waals surface area contributed by atoms with Gasteiger partial charge in [0.05, 0.1) is 20.3 Å². The van der Waals surface area contributed by atoms with Gasteiger partial charge in [0.15, 0.2) is 5.90 Å². The van der Waals surface area contributed by atoms with E-state index in [0.29, 0.717) is 17.5 Å². The van der Waals surface area contributed by atoms with Crippen LogP contribution in [0.2, 0.25) is 0 Å². The number of aliphatic imine (C=N–C) groups is 1. The number of benzene rings is 2. The van der Waals surface area contributed by atoms with E-state index < -0.39 is 7.92 Å². The fraction of sp³-hybridized carbons (Fsp3) is 0.531. The quantitative estimate of drug-likeness (QED) is 0.192. The second-order valence-corrected chi connectivity index (χ2v) is 12.5. The van der Waals surface area contributed by atoms with Crippen LogP contribution in [0.1, 0.15) is 65.2 Å². The van der Waals surface area contributed by atoms with Crippen molar-refractivity contribution in [3.8, 4) is 11.5 Å².